The van der Waals surface area contributed by atoms with Crippen molar-refractivity contribution in [3.05, 3.63) is 0 Å². The Morgan fingerprint density at radius 2 is 2.25 bits per heavy atom. The second kappa shape index (κ2) is 5.59. The van der Waals surface area contributed by atoms with Gasteiger partial charge in [-0.05, 0) is 18.8 Å². The van der Waals surface area contributed by atoms with Crippen molar-refractivity contribution in [3.63, 3.8) is 0 Å². The fourth-order valence-corrected chi connectivity index (χ4v) is 2.19. The number of thiocarbonyl (C=S) groups is 1. The van der Waals surface area contributed by atoms with Gasteiger partial charge in [0, 0.05) is 13.7 Å². The quantitative estimate of drug-likeness (QED) is 0.680. The van der Waals surface area contributed by atoms with Gasteiger partial charge in [0.05, 0.1) is 17.0 Å². The summed E-state index contributed by atoms with van der Waals surface area (Å²) in [6.45, 7) is 3.27. The summed E-state index contributed by atoms with van der Waals surface area (Å²) in [7, 11) is 1.65. The van der Waals surface area contributed by atoms with Crippen molar-refractivity contribution in [2.45, 2.75) is 26.2 Å². The number of rotatable bonds is 6. The fraction of sp³-hybridized carbons (Fsp3) is 0.818. The van der Waals surface area contributed by atoms with Crippen LogP contribution in [0.4, 0.5) is 0 Å². The number of carbonyl (C=O) groups is 1. The second-order valence-corrected chi connectivity index (χ2v) is 5.01. The number of nitrogens with one attached hydrogen (secondary N) is 1. The van der Waals surface area contributed by atoms with E-state index < -0.39 is 5.41 Å². The average Bonchev–Trinajstić information content (AvgIpc) is 2.12. The highest BCUT2D eigenvalue weighted by atomic mass is 32.1. The zero-order chi connectivity index (χ0) is 12.2. The third kappa shape index (κ3) is 2.71. The molecule has 1 aliphatic carbocycles. The molecule has 1 amide bonds. The summed E-state index contributed by atoms with van der Waals surface area (Å²) in [5.41, 5.74) is 5.08. The minimum atomic E-state index is -0.567. The molecule has 3 N–H and O–H groups in total. The second-order valence-electron chi connectivity index (χ2n) is 4.57. The normalized spacial score (nSPS) is 19.6. The maximum atomic E-state index is 12.0. The van der Waals surface area contributed by atoms with E-state index in [2.05, 4.69) is 5.32 Å². The predicted octanol–water partition coefficient (Wildman–Crippen LogP) is 0.841. The van der Waals surface area contributed by atoms with Gasteiger partial charge in [0.15, 0.2) is 0 Å². The number of hydrogen-bond acceptors (Lipinski definition) is 3. The molecule has 0 saturated heterocycles. The van der Waals surface area contributed by atoms with E-state index in [1.54, 1.807) is 7.11 Å². The van der Waals surface area contributed by atoms with E-state index in [0.29, 0.717) is 24.1 Å². The number of methoxy groups -OCH3 is 1. The molecular weight excluding hydrogens is 224 g/mol. The number of nitrogens with two attached hydrogens (primary N) is 1. The molecule has 1 atom stereocenters. The molecule has 5 heteroatoms. The third-order valence-corrected chi connectivity index (χ3v) is 3.57. The molecule has 1 fully saturated rings. The molecule has 16 heavy (non-hydrogen) atoms. The van der Waals surface area contributed by atoms with Crippen molar-refractivity contribution in [2.75, 3.05) is 20.3 Å². The molecule has 0 aromatic heterocycles. The maximum absolute atomic E-state index is 12.0. The molecular formula is C11H20N2O2S. The Morgan fingerprint density at radius 1 is 1.62 bits per heavy atom. The Hall–Kier alpha value is -0.680. The van der Waals surface area contributed by atoms with Gasteiger partial charge in [-0.25, -0.2) is 0 Å². The highest BCUT2D eigenvalue weighted by Crippen LogP contribution is 2.41. The van der Waals surface area contributed by atoms with Gasteiger partial charge in [0.25, 0.3) is 0 Å². The monoisotopic (exact) mass is 244 g/mol. The van der Waals surface area contributed by atoms with E-state index in [1.807, 2.05) is 6.92 Å². The first-order valence-electron chi connectivity index (χ1n) is 5.60. The molecule has 4 nitrogen and oxygen atoms in total. The van der Waals surface area contributed by atoms with Gasteiger partial charge in [-0.15, -0.1) is 0 Å². The molecule has 0 bridgehead atoms. The summed E-state index contributed by atoms with van der Waals surface area (Å²) in [6.07, 6.45) is 2.60. The van der Waals surface area contributed by atoms with E-state index in [-0.39, 0.29) is 5.91 Å². The maximum Gasteiger partial charge on any atom is 0.233 e. The van der Waals surface area contributed by atoms with E-state index in [9.17, 15) is 4.79 Å². The molecule has 92 valence electrons. The summed E-state index contributed by atoms with van der Waals surface area (Å²) < 4.78 is 5.01. The average molecular weight is 244 g/mol. The lowest BCUT2D eigenvalue weighted by Gasteiger charge is -2.39. The van der Waals surface area contributed by atoms with Crippen LogP contribution in [0.2, 0.25) is 0 Å². The zero-order valence-corrected chi connectivity index (χ0v) is 10.7. The first kappa shape index (κ1) is 13.4. The van der Waals surface area contributed by atoms with Crippen LogP contribution in [-0.4, -0.2) is 31.2 Å². The van der Waals surface area contributed by atoms with Crippen LogP contribution >= 0.6 is 12.2 Å². The largest absolute Gasteiger partial charge is 0.392 e. The van der Waals surface area contributed by atoms with Gasteiger partial charge in [-0.2, -0.15) is 0 Å². The van der Waals surface area contributed by atoms with E-state index >= 15 is 0 Å². The molecule has 0 heterocycles. The molecule has 0 radical (unpaired) electrons. The topological polar surface area (TPSA) is 64.3 Å². The highest BCUT2D eigenvalue weighted by molar-refractivity contribution is 7.80. The summed E-state index contributed by atoms with van der Waals surface area (Å²) in [5.74, 6) is 0.284. The number of amides is 1. The van der Waals surface area contributed by atoms with Crippen LogP contribution in [0.15, 0.2) is 0 Å². The summed E-state index contributed by atoms with van der Waals surface area (Å²) in [6, 6.07) is 0. The van der Waals surface area contributed by atoms with E-state index in [4.69, 9.17) is 22.7 Å². The van der Waals surface area contributed by atoms with Crippen molar-refractivity contribution in [1.29, 1.82) is 0 Å². The Bertz CT molecular complexity index is 277. The Kier molecular flexibility index (Phi) is 4.68. The predicted molar refractivity (Wildman–Crippen MR) is 67.1 cm³/mol. The fourth-order valence-electron chi connectivity index (χ4n) is 1.90. The molecule has 1 saturated carbocycles. The van der Waals surface area contributed by atoms with Crippen LogP contribution in [0.1, 0.15) is 26.2 Å². The minimum Gasteiger partial charge on any atom is -0.392 e. The lowest BCUT2D eigenvalue weighted by molar-refractivity contribution is -0.131. The Balaban J connectivity index is 2.42. The summed E-state index contributed by atoms with van der Waals surface area (Å²) >= 11 is 4.98. The van der Waals surface area contributed by atoms with Gasteiger partial charge in [0.2, 0.25) is 5.91 Å². The first-order chi connectivity index (χ1) is 7.53. The van der Waals surface area contributed by atoms with Crippen LogP contribution in [0.3, 0.4) is 0 Å². The van der Waals surface area contributed by atoms with Crippen molar-refractivity contribution in [2.24, 2.45) is 17.1 Å². The molecule has 1 unspecified atom stereocenters. The van der Waals surface area contributed by atoms with Gasteiger partial charge in [0.1, 0.15) is 0 Å². The lowest BCUT2D eigenvalue weighted by Crippen LogP contribution is -2.53. The number of carbonyl (C=O) groups excluding carboxylic acids is 1. The third-order valence-electron chi connectivity index (χ3n) is 3.18. The standard InChI is InChI=1S/C11H20N2O2S/c1-8(7-15-2)6-13-10(14)11(9(12)16)4-3-5-11/h8H,3-7H2,1-2H3,(H2,12,16)(H,13,14). The van der Waals surface area contributed by atoms with Crippen LogP contribution in [0.5, 0.6) is 0 Å². The number of ether oxygens (including phenoxy) is 1. The summed E-state index contributed by atoms with van der Waals surface area (Å²) in [5, 5.41) is 2.90. The van der Waals surface area contributed by atoms with Crippen molar-refractivity contribution < 1.29 is 9.53 Å². The minimum absolute atomic E-state index is 0.0193. The van der Waals surface area contributed by atoms with Crippen molar-refractivity contribution >= 4 is 23.1 Å². The van der Waals surface area contributed by atoms with Crippen LogP contribution < -0.4 is 11.1 Å². The molecule has 0 aliphatic heterocycles. The Morgan fingerprint density at radius 3 is 2.62 bits per heavy atom. The SMILES string of the molecule is COCC(C)CNC(=O)C1(C(N)=S)CCC1. The molecule has 1 aliphatic rings. The smallest absolute Gasteiger partial charge is 0.233 e. The number of hydrogen-bond donors (Lipinski definition) is 2. The van der Waals surface area contributed by atoms with E-state index in [1.165, 1.54) is 0 Å². The summed E-state index contributed by atoms with van der Waals surface area (Å²) in [4.78, 5) is 12.3. The van der Waals surface area contributed by atoms with E-state index in [0.717, 1.165) is 19.3 Å². The Labute approximate surface area is 102 Å². The van der Waals surface area contributed by atoms with Crippen LogP contribution in [-0.2, 0) is 9.53 Å². The van der Waals surface area contributed by atoms with Crippen molar-refractivity contribution in [3.8, 4) is 0 Å². The van der Waals surface area contributed by atoms with Gasteiger partial charge in [-0.1, -0.05) is 25.6 Å². The molecule has 1 rings (SSSR count). The highest BCUT2D eigenvalue weighted by Gasteiger charge is 2.46. The lowest BCUT2D eigenvalue weighted by atomic mass is 9.68. The first-order valence-corrected chi connectivity index (χ1v) is 6.01. The molecule has 0 aromatic rings. The molecule has 0 aromatic carbocycles. The van der Waals surface area contributed by atoms with Crippen LogP contribution in [0.25, 0.3) is 0 Å². The molecule has 0 spiro atoms. The van der Waals surface area contributed by atoms with Gasteiger partial charge in [-0.3, -0.25) is 4.79 Å². The van der Waals surface area contributed by atoms with Crippen molar-refractivity contribution in [1.82, 2.24) is 5.32 Å². The zero-order valence-electron chi connectivity index (χ0n) is 9.91. The van der Waals surface area contributed by atoms with Gasteiger partial charge >= 0.3 is 0 Å². The van der Waals surface area contributed by atoms with Crippen LogP contribution in [0, 0.1) is 11.3 Å². The van der Waals surface area contributed by atoms with Gasteiger partial charge < -0.3 is 15.8 Å².